The molecule has 0 aliphatic carbocycles. The Labute approximate surface area is 253 Å². The van der Waals surface area contributed by atoms with Gasteiger partial charge in [-0.25, -0.2) is 13.2 Å². The molecule has 7 nitrogen and oxygen atoms in total. The number of rotatable bonds is 5. The van der Waals surface area contributed by atoms with Crippen molar-refractivity contribution in [1.82, 2.24) is 20.2 Å². The zero-order valence-electron chi connectivity index (χ0n) is 24.1. The van der Waals surface area contributed by atoms with Gasteiger partial charge in [0.25, 0.3) is 0 Å². The highest BCUT2D eigenvalue weighted by Gasteiger charge is 2.49. The van der Waals surface area contributed by atoms with Crippen LogP contribution in [0.1, 0.15) is 37.7 Å². The lowest BCUT2D eigenvalue weighted by Crippen LogP contribution is -2.51. The zero-order chi connectivity index (χ0) is 30.2. The Morgan fingerprint density at radius 1 is 1.11 bits per heavy atom. The van der Waals surface area contributed by atoms with E-state index in [1.807, 2.05) is 0 Å². The van der Waals surface area contributed by atoms with E-state index in [4.69, 9.17) is 16.1 Å². The average Bonchev–Trinajstić information content (AvgIpc) is 3.65. The summed E-state index contributed by atoms with van der Waals surface area (Å²) in [4.78, 5) is 13.4. The summed E-state index contributed by atoms with van der Waals surface area (Å²) in [6.45, 7) is 2.65. The molecule has 1 aromatic heterocycles. The molecule has 3 unspecified atom stereocenters. The number of piperazine rings is 1. The Kier molecular flexibility index (Phi) is 6.40. The standard InChI is InChI=1S/C34H32F3N5O2/c1-2-19-5-3-6-20-11-24(43)12-25(28(19)20)29-27(36)13-26-31(30(29)37)39-33(40-32(26)41-16-22-7-8-23(17-41)38-22)44-18-34-9-4-10-42(34)15-21(35)14-34/h1,3,5-6,11-13,21-23,38,43H,4,7-10,14-18H2/t21-,22?,23?,34?/m1/s1. The van der Waals surface area contributed by atoms with Crippen LogP contribution in [0.3, 0.4) is 0 Å². The highest BCUT2D eigenvalue weighted by molar-refractivity contribution is 6.04. The number of hydrogen-bond donors (Lipinski definition) is 2. The van der Waals surface area contributed by atoms with Crippen LogP contribution in [0.4, 0.5) is 19.0 Å². The molecule has 4 atom stereocenters. The quantitative estimate of drug-likeness (QED) is 0.301. The number of alkyl halides is 1. The summed E-state index contributed by atoms with van der Waals surface area (Å²) in [6, 6.07) is 9.75. The maximum Gasteiger partial charge on any atom is 0.319 e. The van der Waals surface area contributed by atoms with Crippen molar-refractivity contribution < 1.29 is 23.0 Å². The number of ether oxygens (including phenoxy) is 1. The number of halogens is 3. The predicted octanol–water partition coefficient (Wildman–Crippen LogP) is 5.31. The van der Waals surface area contributed by atoms with E-state index < -0.39 is 23.3 Å². The van der Waals surface area contributed by atoms with E-state index in [2.05, 4.69) is 26.0 Å². The molecule has 3 aromatic carbocycles. The fraction of sp³-hybridized carbons (Fsp3) is 0.412. The SMILES string of the molecule is C#Cc1cccc2cc(O)cc(-c3c(F)cc4c(N5CC6CCC(C5)N6)nc(OCC56CCCN5C[C@H](F)C6)nc4c3F)c12. The number of phenols is 1. The Morgan fingerprint density at radius 3 is 2.73 bits per heavy atom. The Morgan fingerprint density at radius 2 is 1.93 bits per heavy atom. The summed E-state index contributed by atoms with van der Waals surface area (Å²) in [5, 5.41) is 15.4. The second-order valence-electron chi connectivity index (χ2n) is 12.7. The number of phenolic OH excluding ortho intramolecular Hbond substituents is 1. The van der Waals surface area contributed by atoms with E-state index in [0.29, 0.717) is 48.2 Å². The maximum atomic E-state index is 16.8. The molecule has 4 aliphatic rings. The van der Waals surface area contributed by atoms with Crippen LogP contribution in [0, 0.1) is 24.0 Å². The number of nitrogens with zero attached hydrogens (tertiary/aromatic N) is 4. The fourth-order valence-electron chi connectivity index (χ4n) is 8.06. The molecule has 2 N–H and O–H groups in total. The van der Waals surface area contributed by atoms with Crippen molar-refractivity contribution in [1.29, 1.82) is 0 Å². The summed E-state index contributed by atoms with van der Waals surface area (Å²) < 4.78 is 53.6. The number of hydrogen-bond acceptors (Lipinski definition) is 7. The molecule has 0 saturated carbocycles. The van der Waals surface area contributed by atoms with Gasteiger partial charge in [-0.2, -0.15) is 9.97 Å². The second-order valence-corrected chi connectivity index (χ2v) is 12.7. The Hall–Kier alpha value is -4.07. The molecule has 0 amide bonds. The average molecular weight is 600 g/mol. The first-order chi connectivity index (χ1) is 21.3. The first-order valence-electron chi connectivity index (χ1n) is 15.3. The fourth-order valence-corrected chi connectivity index (χ4v) is 8.06. The van der Waals surface area contributed by atoms with Crippen molar-refractivity contribution in [3.63, 3.8) is 0 Å². The number of terminal acetylenes is 1. The van der Waals surface area contributed by atoms with Gasteiger partial charge in [0.1, 0.15) is 35.7 Å². The topological polar surface area (TPSA) is 73.8 Å². The minimum absolute atomic E-state index is 0.0246. The van der Waals surface area contributed by atoms with Gasteiger partial charge in [-0.3, -0.25) is 4.90 Å². The van der Waals surface area contributed by atoms with E-state index in [0.717, 1.165) is 32.2 Å². The monoisotopic (exact) mass is 599 g/mol. The molecule has 44 heavy (non-hydrogen) atoms. The number of benzene rings is 3. The summed E-state index contributed by atoms with van der Waals surface area (Å²) in [7, 11) is 0. The van der Waals surface area contributed by atoms with E-state index in [9.17, 15) is 9.50 Å². The minimum Gasteiger partial charge on any atom is -0.508 e. The number of aromatic hydroxyl groups is 1. The van der Waals surface area contributed by atoms with Crippen LogP contribution in [-0.2, 0) is 0 Å². The van der Waals surface area contributed by atoms with Crippen LogP contribution in [0.25, 0.3) is 32.8 Å². The summed E-state index contributed by atoms with van der Waals surface area (Å²) in [5.74, 6) is 1.16. The molecule has 4 fully saturated rings. The third kappa shape index (κ3) is 4.36. The van der Waals surface area contributed by atoms with Crippen LogP contribution in [0.5, 0.6) is 11.8 Å². The number of anilines is 1. The summed E-state index contributed by atoms with van der Waals surface area (Å²) in [5.41, 5.74) is -0.284. The lowest BCUT2D eigenvalue weighted by atomic mass is 9.93. The van der Waals surface area contributed by atoms with Gasteiger partial charge in [0, 0.05) is 60.0 Å². The van der Waals surface area contributed by atoms with Crippen molar-refractivity contribution in [2.75, 3.05) is 37.7 Å². The van der Waals surface area contributed by atoms with Crippen molar-refractivity contribution in [3.8, 4) is 35.2 Å². The highest BCUT2D eigenvalue weighted by atomic mass is 19.1. The molecule has 4 aromatic rings. The van der Waals surface area contributed by atoms with Crippen LogP contribution < -0.4 is 15.0 Å². The Bertz CT molecular complexity index is 1850. The molecular formula is C34H32F3N5O2. The molecule has 0 radical (unpaired) electrons. The van der Waals surface area contributed by atoms with Crippen LogP contribution >= 0.6 is 0 Å². The molecule has 4 aliphatic heterocycles. The summed E-state index contributed by atoms with van der Waals surface area (Å²) >= 11 is 0. The van der Waals surface area contributed by atoms with Gasteiger partial charge in [0.05, 0.1) is 11.1 Å². The molecule has 0 spiro atoms. The molecular weight excluding hydrogens is 567 g/mol. The molecule has 2 bridgehead atoms. The van der Waals surface area contributed by atoms with Crippen molar-refractivity contribution in [3.05, 3.63) is 53.6 Å². The van der Waals surface area contributed by atoms with Gasteiger partial charge >= 0.3 is 6.01 Å². The van der Waals surface area contributed by atoms with Crippen molar-refractivity contribution in [2.45, 2.75) is 55.9 Å². The Balaban J connectivity index is 1.29. The van der Waals surface area contributed by atoms with E-state index >= 15 is 8.78 Å². The van der Waals surface area contributed by atoms with Gasteiger partial charge in [-0.15, -0.1) is 6.42 Å². The van der Waals surface area contributed by atoms with E-state index in [-0.39, 0.29) is 52.5 Å². The van der Waals surface area contributed by atoms with Gasteiger partial charge in [0.15, 0.2) is 5.82 Å². The lowest BCUT2D eigenvalue weighted by Gasteiger charge is -2.34. The van der Waals surface area contributed by atoms with Gasteiger partial charge < -0.3 is 20.1 Å². The molecule has 10 heteroatoms. The zero-order valence-corrected chi connectivity index (χ0v) is 24.1. The van der Waals surface area contributed by atoms with E-state index in [1.54, 1.807) is 18.2 Å². The number of fused-ring (bicyclic) bond motifs is 5. The third-order valence-electron chi connectivity index (χ3n) is 9.98. The van der Waals surface area contributed by atoms with Gasteiger partial charge in [0.2, 0.25) is 0 Å². The molecule has 8 rings (SSSR count). The maximum absolute atomic E-state index is 16.8. The second kappa shape index (κ2) is 10.2. The third-order valence-corrected chi connectivity index (χ3v) is 9.98. The number of aromatic nitrogens is 2. The largest absolute Gasteiger partial charge is 0.508 e. The van der Waals surface area contributed by atoms with Crippen molar-refractivity contribution >= 4 is 27.5 Å². The van der Waals surface area contributed by atoms with Gasteiger partial charge in [-0.05, 0) is 61.9 Å². The first-order valence-corrected chi connectivity index (χ1v) is 15.3. The van der Waals surface area contributed by atoms with Crippen LogP contribution in [0.15, 0.2) is 36.4 Å². The highest BCUT2D eigenvalue weighted by Crippen LogP contribution is 2.43. The summed E-state index contributed by atoms with van der Waals surface area (Å²) in [6.07, 6.45) is 9.03. The molecule has 5 heterocycles. The lowest BCUT2D eigenvalue weighted by molar-refractivity contribution is 0.107. The number of nitrogens with one attached hydrogen (secondary N) is 1. The normalized spacial score (nSPS) is 26.4. The molecule has 4 saturated heterocycles. The predicted molar refractivity (Wildman–Crippen MR) is 163 cm³/mol. The van der Waals surface area contributed by atoms with E-state index in [1.165, 1.54) is 18.2 Å². The minimum atomic E-state index is -0.920. The molecule has 226 valence electrons. The van der Waals surface area contributed by atoms with Crippen molar-refractivity contribution in [2.24, 2.45) is 0 Å². The van der Waals surface area contributed by atoms with Crippen LogP contribution in [-0.4, -0.2) is 76.6 Å². The smallest absolute Gasteiger partial charge is 0.319 e. The van der Waals surface area contributed by atoms with Crippen LogP contribution in [0.2, 0.25) is 0 Å². The van der Waals surface area contributed by atoms with Gasteiger partial charge in [-0.1, -0.05) is 18.1 Å². The first kappa shape index (κ1) is 27.5.